The maximum atomic E-state index is 13.0. The molecule has 7 nitrogen and oxygen atoms in total. The number of nitrogens with one attached hydrogen (secondary N) is 1. The average molecular weight is 363 g/mol. The van der Waals surface area contributed by atoms with Crippen molar-refractivity contribution in [2.45, 2.75) is 20.4 Å². The zero-order valence-electron chi connectivity index (χ0n) is 15.3. The lowest BCUT2D eigenvalue weighted by Gasteiger charge is -2.24. The first kappa shape index (κ1) is 18.4. The summed E-state index contributed by atoms with van der Waals surface area (Å²) in [5.41, 5.74) is 1.20. The van der Waals surface area contributed by atoms with Gasteiger partial charge in [0, 0.05) is 49.6 Å². The number of rotatable bonds is 6. The number of hydrogen-bond donors (Lipinski definition) is 1. The molecule has 0 fully saturated rings. The van der Waals surface area contributed by atoms with Gasteiger partial charge in [0.2, 0.25) is 0 Å². The van der Waals surface area contributed by atoms with E-state index in [2.05, 4.69) is 19.9 Å². The summed E-state index contributed by atoms with van der Waals surface area (Å²) in [5, 5.41) is 0. The summed E-state index contributed by atoms with van der Waals surface area (Å²) in [6.07, 6.45) is 7.95. The molecular formula is C20H21N5O2. The van der Waals surface area contributed by atoms with Gasteiger partial charge in [0.1, 0.15) is 11.4 Å². The van der Waals surface area contributed by atoms with Gasteiger partial charge in [-0.25, -0.2) is 4.98 Å². The minimum atomic E-state index is -0.461. The van der Waals surface area contributed by atoms with E-state index in [9.17, 15) is 9.59 Å². The highest BCUT2D eigenvalue weighted by molar-refractivity contribution is 5.93. The van der Waals surface area contributed by atoms with Crippen LogP contribution in [0.4, 0.5) is 0 Å². The molecule has 0 saturated carbocycles. The Balaban J connectivity index is 1.88. The molecule has 0 bridgehead atoms. The van der Waals surface area contributed by atoms with E-state index in [1.165, 1.54) is 6.20 Å². The Morgan fingerprint density at radius 1 is 1.11 bits per heavy atom. The lowest BCUT2D eigenvalue weighted by atomic mass is 10.1. The molecule has 0 spiro atoms. The molecule has 27 heavy (non-hydrogen) atoms. The third kappa shape index (κ3) is 4.63. The standard InChI is InChI=1S/C20H21N5O2/c1-14(2)12-25(13-15-5-8-21-9-6-15)20(27)17-11-23-18(24-19(17)26)16-4-3-7-22-10-16/h3-11,14H,12-13H2,1-2H3,(H,23,24,26). The van der Waals surface area contributed by atoms with Gasteiger partial charge in [0.15, 0.2) is 0 Å². The Bertz CT molecular complexity index is 955. The number of pyridine rings is 2. The van der Waals surface area contributed by atoms with Crippen LogP contribution in [0.2, 0.25) is 0 Å². The van der Waals surface area contributed by atoms with E-state index in [4.69, 9.17) is 0 Å². The van der Waals surface area contributed by atoms with Crippen LogP contribution in [0.25, 0.3) is 11.4 Å². The third-order valence-corrected chi connectivity index (χ3v) is 3.96. The second-order valence-corrected chi connectivity index (χ2v) is 6.65. The van der Waals surface area contributed by atoms with Crippen LogP contribution in [0, 0.1) is 5.92 Å². The molecule has 0 aliphatic rings. The van der Waals surface area contributed by atoms with Gasteiger partial charge in [-0.05, 0) is 35.7 Å². The van der Waals surface area contributed by atoms with E-state index < -0.39 is 5.56 Å². The first-order valence-corrected chi connectivity index (χ1v) is 8.72. The van der Waals surface area contributed by atoms with Gasteiger partial charge in [0.05, 0.1) is 0 Å². The van der Waals surface area contributed by atoms with Crippen molar-refractivity contribution in [3.05, 3.63) is 76.7 Å². The van der Waals surface area contributed by atoms with E-state index in [1.54, 1.807) is 41.8 Å². The first-order valence-electron chi connectivity index (χ1n) is 8.72. The van der Waals surface area contributed by atoms with Crippen LogP contribution >= 0.6 is 0 Å². The fourth-order valence-electron chi connectivity index (χ4n) is 2.74. The molecular weight excluding hydrogens is 342 g/mol. The van der Waals surface area contributed by atoms with Crippen molar-refractivity contribution < 1.29 is 4.79 Å². The maximum Gasteiger partial charge on any atom is 0.264 e. The van der Waals surface area contributed by atoms with Crippen LogP contribution in [0.5, 0.6) is 0 Å². The maximum absolute atomic E-state index is 13.0. The number of aromatic amines is 1. The monoisotopic (exact) mass is 363 g/mol. The van der Waals surface area contributed by atoms with E-state index in [0.29, 0.717) is 24.5 Å². The Morgan fingerprint density at radius 2 is 1.89 bits per heavy atom. The summed E-state index contributed by atoms with van der Waals surface area (Å²) in [4.78, 5) is 42.1. The first-order chi connectivity index (χ1) is 13.0. The number of carbonyl (C=O) groups is 1. The van der Waals surface area contributed by atoms with Gasteiger partial charge < -0.3 is 9.88 Å². The summed E-state index contributed by atoms with van der Waals surface area (Å²) >= 11 is 0. The molecule has 3 rings (SSSR count). The van der Waals surface area contributed by atoms with E-state index in [-0.39, 0.29) is 17.4 Å². The summed E-state index contributed by atoms with van der Waals surface area (Å²) in [6, 6.07) is 7.26. The van der Waals surface area contributed by atoms with Crippen LogP contribution in [-0.4, -0.2) is 37.3 Å². The number of carbonyl (C=O) groups excluding carboxylic acids is 1. The minimum absolute atomic E-state index is 0.0253. The average Bonchev–Trinajstić information content (AvgIpc) is 2.68. The molecule has 0 atom stereocenters. The van der Waals surface area contributed by atoms with Gasteiger partial charge >= 0.3 is 0 Å². The summed E-state index contributed by atoms with van der Waals surface area (Å²) in [6.45, 7) is 5.00. The molecule has 3 aromatic heterocycles. The smallest absolute Gasteiger partial charge is 0.264 e. The molecule has 0 saturated heterocycles. The largest absolute Gasteiger partial charge is 0.334 e. The van der Waals surface area contributed by atoms with Gasteiger partial charge in [0.25, 0.3) is 11.5 Å². The normalized spacial score (nSPS) is 10.8. The highest BCUT2D eigenvalue weighted by Gasteiger charge is 2.21. The van der Waals surface area contributed by atoms with Crippen molar-refractivity contribution in [1.82, 2.24) is 24.8 Å². The van der Waals surface area contributed by atoms with Gasteiger partial charge in [-0.2, -0.15) is 0 Å². The molecule has 0 aromatic carbocycles. The summed E-state index contributed by atoms with van der Waals surface area (Å²) < 4.78 is 0. The molecule has 7 heteroatoms. The van der Waals surface area contributed by atoms with Crippen LogP contribution in [0.1, 0.15) is 29.8 Å². The van der Waals surface area contributed by atoms with Crippen LogP contribution < -0.4 is 5.56 Å². The van der Waals surface area contributed by atoms with Gasteiger partial charge in [-0.1, -0.05) is 13.8 Å². The van der Waals surface area contributed by atoms with E-state index in [0.717, 1.165) is 5.56 Å². The number of hydrogen-bond acceptors (Lipinski definition) is 5. The lowest BCUT2D eigenvalue weighted by Crippen LogP contribution is -2.37. The van der Waals surface area contributed by atoms with Crippen molar-refractivity contribution in [1.29, 1.82) is 0 Å². The van der Waals surface area contributed by atoms with E-state index in [1.807, 2.05) is 26.0 Å². The summed E-state index contributed by atoms with van der Waals surface area (Å²) in [5.74, 6) is 0.304. The van der Waals surface area contributed by atoms with Crippen molar-refractivity contribution in [3.8, 4) is 11.4 Å². The number of aromatic nitrogens is 4. The molecule has 0 unspecified atom stereocenters. The predicted molar refractivity (Wildman–Crippen MR) is 102 cm³/mol. The Morgan fingerprint density at radius 3 is 2.52 bits per heavy atom. The second kappa shape index (κ2) is 8.35. The SMILES string of the molecule is CC(C)CN(Cc1ccncc1)C(=O)c1cnc(-c2cccnc2)[nH]c1=O. The van der Waals surface area contributed by atoms with Crippen LogP contribution in [0.15, 0.2) is 60.0 Å². The predicted octanol–water partition coefficient (Wildman–Crippen LogP) is 2.53. The van der Waals surface area contributed by atoms with Crippen molar-refractivity contribution in [2.24, 2.45) is 5.92 Å². The molecule has 1 N–H and O–H groups in total. The Labute approximate surface area is 157 Å². The van der Waals surface area contributed by atoms with Crippen molar-refractivity contribution >= 4 is 5.91 Å². The topological polar surface area (TPSA) is 91.8 Å². The number of amides is 1. The zero-order chi connectivity index (χ0) is 19.2. The fraction of sp³-hybridized carbons (Fsp3) is 0.250. The van der Waals surface area contributed by atoms with E-state index >= 15 is 0 Å². The van der Waals surface area contributed by atoms with Crippen LogP contribution in [0.3, 0.4) is 0 Å². The third-order valence-electron chi connectivity index (χ3n) is 3.96. The quantitative estimate of drug-likeness (QED) is 0.726. The Kier molecular flexibility index (Phi) is 5.71. The van der Waals surface area contributed by atoms with Crippen LogP contribution in [-0.2, 0) is 6.54 Å². The second-order valence-electron chi connectivity index (χ2n) is 6.65. The fourth-order valence-corrected chi connectivity index (χ4v) is 2.74. The minimum Gasteiger partial charge on any atom is -0.334 e. The highest BCUT2D eigenvalue weighted by Crippen LogP contribution is 2.13. The molecule has 0 radical (unpaired) electrons. The van der Waals surface area contributed by atoms with Gasteiger partial charge in [-0.3, -0.25) is 19.6 Å². The lowest BCUT2D eigenvalue weighted by molar-refractivity contribution is 0.0720. The molecule has 3 heterocycles. The number of nitrogens with zero attached hydrogens (tertiary/aromatic N) is 4. The van der Waals surface area contributed by atoms with Crippen molar-refractivity contribution in [2.75, 3.05) is 6.54 Å². The Hall–Kier alpha value is -3.35. The van der Waals surface area contributed by atoms with Gasteiger partial charge in [-0.15, -0.1) is 0 Å². The molecule has 0 aliphatic carbocycles. The summed E-state index contributed by atoms with van der Waals surface area (Å²) in [7, 11) is 0. The molecule has 138 valence electrons. The molecule has 1 amide bonds. The zero-order valence-corrected chi connectivity index (χ0v) is 15.3. The van der Waals surface area contributed by atoms with Crippen molar-refractivity contribution in [3.63, 3.8) is 0 Å². The highest BCUT2D eigenvalue weighted by atomic mass is 16.2. The molecule has 3 aromatic rings. The number of H-pyrrole nitrogens is 1. The molecule has 0 aliphatic heterocycles.